The minimum atomic E-state index is -3.53. The average molecular weight is 539 g/mol. The zero-order chi connectivity index (χ0) is 26.2. The maximum atomic E-state index is 14.6. The number of nitrogens with zero attached hydrogens (tertiary/aromatic N) is 2. The summed E-state index contributed by atoms with van der Waals surface area (Å²) in [6, 6.07) is 20.3. The number of halogens is 2. The van der Waals surface area contributed by atoms with Crippen molar-refractivity contribution in [3.63, 3.8) is 0 Å². The van der Waals surface area contributed by atoms with E-state index in [0.29, 0.717) is 35.1 Å². The molecule has 194 valence electrons. The van der Waals surface area contributed by atoms with Crippen LogP contribution in [0.25, 0.3) is 10.9 Å². The third-order valence-corrected chi connectivity index (χ3v) is 9.89. The van der Waals surface area contributed by atoms with Crippen molar-refractivity contribution in [1.29, 1.82) is 0 Å². The first-order valence-electron chi connectivity index (χ1n) is 12.9. The lowest BCUT2D eigenvalue weighted by Crippen LogP contribution is -2.38. The minimum Gasteiger partial charge on any atom is -0.340 e. The summed E-state index contributed by atoms with van der Waals surface area (Å²) in [5, 5.41) is 1.56. The molecule has 0 spiro atoms. The molecule has 0 aliphatic carbocycles. The van der Waals surface area contributed by atoms with Crippen LogP contribution in [-0.4, -0.2) is 30.4 Å². The fourth-order valence-electron chi connectivity index (χ4n) is 5.67. The molecule has 37 heavy (non-hydrogen) atoms. The Balaban J connectivity index is 1.40. The highest BCUT2D eigenvalue weighted by molar-refractivity contribution is 7.89. The summed E-state index contributed by atoms with van der Waals surface area (Å²) in [6.07, 6.45) is 3.45. The second-order valence-electron chi connectivity index (χ2n) is 9.87. The monoisotopic (exact) mass is 538 g/mol. The van der Waals surface area contributed by atoms with Gasteiger partial charge in [0.2, 0.25) is 10.0 Å². The third kappa shape index (κ3) is 4.95. The highest BCUT2D eigenvalue weighted by atomic mass is 35.5. The van der Waals surface area contributed by atoms with Gasteiger partial charge in [0.05, 0.1) is 11.4 Å². The number of aryl methyl sites for hydroxylation is 1. The topological polar surface area (TPSA) is 42.3 Å². The van der Waals surface area contributed by atoms with Gasteiger partial charge >= 0.3 is 0 Å². The van der Waals surface area contributed by atoms with E-state index in [4.69, 9.17) is 11.6 Å². The normalized spacial score (nSPS) is 15.5. The van der Waals surface area contributed by atoms with Gasteiger partial charge in [-0.2, -0.15) is 4.31 Å². The van der Waals surface area contributed by atoms with Gasteiger partial charge in [-0.3, -0.25) is 0 Å². The summed E-state index contributed by atoms with van der Waals surface area (Å²) in [7, 11) is -3.53. The number of hydrogen-bond acceptors (Lipinski definition) is 2. The van der Waals surface area contributed by atoms with Gasteiger partial charge in [0.1, 0.15) is 5.82 Å². The number of fused-ring (bicyclic) bond motifs is 1. The molecule has 2 heterocycles. The molecule has 0 N–H and O–H groups in total. The van der Waals surface area contributed by atoms with Crippen LogP contribution >= 0.6 is 11.6 Å². The Hall–Kier alpha value is -2.67. The number of sulfonamides is 1. The van der Waals surface area contributed by atoms with Crippen molar-refractivity contribution in [2.45, 2.75) is 56.9 Å². The van der Waals surface area contributed by atoms with Crippen molar-refractivity contribution in [1.82, 2.24) is 8.87 Å². The summed E-state index contributed by atoms with van der Waals surface area (Å²) in [6.45, 7) is 5.48. The van der Waals surface area contributed by atoms with E-state index in [1.807, 2.05) is 24.3 Å². The molecular formula is C30H32ClFN2O2S. The van der Waals surface area contributed by atoms with Crippen LogP contribution in [-0.2, 0) is 23.0 Å². The molecule has 0 atom stereocenters. The van der Waals surface area contributed by atoms with E-state index in [-0.39, 0.29) is 11.7 Å². The van der Waals surface area contributed by atoms with Gasteiger partial charge in [-0.1, -0.05) is 61.3 Å². The van der Waals surface area contributed by atoms with E-state index >= 15 is 0 Å². The van der Waals surface area contributed by atoms with Crippen molar-refractivity contribution in [3.05, 3.63) is 100.0 Å². The summed E-state index contributed by atoms with van der Waals surface area (Å²) in [4.78, 5) is 0.361. The molecule has 5 rings (SSSR count). The van der Waals surface area contributed by atoms with Gasteiger partial charge < -0.3 is 4.57 Å². The van der Waals surface area contributed by atoms with E-state index in [1.165, 1.54) is 11.6 Å². The van der Waals surface area contributed by atoms with Crippen molar-refractivity contribution in [3.8, 4) is 0 Å². The molecule has 1 fully saturated rings. The van der Waals surface area contributed by atoms with E-state index < -0.39 is 10.0 Å². The standard InChI is InChI=1S/C30H32ClFN2O2S/c1-3-7-22-12-14-24(15-13-22)37(35,36)33-18-16-23(17-19-33)30-21(2)34(29-11-5-4-8-25(29)30)20-26-27(31)9-6-10-28(26)32/h4-6,8-15,23H,3,7,16-20H2,1-2H3. The first-order chi connectivity index (χ1) is 17.8. The lowest BCUT2D eigenvalue weighted by Gasteiger charge is -2.31. The second-order valence-corrected chi connectivity index (χ2v) is 12.2. The smallest absolute Gasteiger partial charge is 0.243 e. The lowest BCUT2D eigenvalue weighted by atomic mass is 9.88. The number of aromatic nitrogens is 1. The molecule has 0 radical (unpaired) electrons. The van der Waals surface area contributed by atoms with Crippen molar-refractivity contribution >= 4 is 32.5 Å². The first-order valence-corrected chi connectivity index (χ1v) is 14.7. The molecule has 3 aromatic carbocycles. The molecule has 1 saturated heterocycles. The van der Waals surface area contributed by atoms with Crippen LogP contribution in [0, 0.1) is 12.7 Å². The van der Waals surface area contributed by atoms with Crippen LogP contribution in [0.2, 0.25) is 5.02 Å². The number of benzene rings is 3. The summed E-state index contributed by atoms with van der Waals surface area (Å²) in [5.74, 6) is -0.0897. The molecule has 4 aromatic rings. The second kappa shape index (κ2) is 10.6. The quantitative estimate of drug-likeness (QED) is 0.247. The lowest BCUT2D eigenvalue weighted by molar-refractivity contribution is 0.319. The Kier molecular flexibility index (Phi) is 7.44. The Labute approximate surface area is 223 Å². The molecule has 1 aliphatic heterocycles. The third-order valence-electron chi connectivity index (χ3n) is 7.62. The van der Waals surface area contributed by atoms with Crippen LogP contribution < -0.4 is 0 Å². The minimum absolute atomic E-state index is 0.223. The molecule has 1 aliphatic rings. The molecule has 7 heteroatoms. The van der Waals surface area contributed by atoms with E-state index in [2.05, 4.69) is 30.5 Å². The van der Waals surface area contributed by atoms with E-state index in [1.54, 1.807) is 28.6 Å². The Morgan fingerprint density at radius 2 is 1.68 bits per heavy atom. The SMILES string of the molecule is CCCc1ccc(S(=O)(=O)N2CCC(c3c(C)n(Cc4c(F)cccc4Cl)c4ccccc34)CC2)cc1. The van der Waals surface area contributed by atoms with Crippen LogP contribution in [0.3, 0.4) is 0 Å². The predicted octanol–water partition coefficient (Wildman–Crippen LogP) is 7.31. The predicted molar refractivity (Wildman–Crippen MR) is 148 cm³/mol. The molecule has 0 unspecified atom stereocenters. The number of para-hydroxylation sites is 1. The van der Waals surface area contributed by atoms with Gasteiger partial charge in [0.15, 0.2) is 0 Å². The molecule has 0 bridgehead atoms. The van der Waals surface area contributed by atoms with Crippen LogP contribution in [0.1, 0.15) is 54.5 Å². The summed E-state index contributed by atoms with van der Waals surface area (Å²) < 4.78 is 45.0. The Morgan fingerprint density at radius 1 is 0.973 bits per heavy atom. The van der Waals surface area contributed by atoms with Gasteiger partial charge in [-0.15, -0.1) is 0 Å². The largest absolute Gasteiger partial charge is 0.340 e. The van der Waals surface area contributed by atoms with E-state index in [0.717, 1.165) is 47.8 Å². The van der Waals surface area contributed by atoms with Crippen LogP contribution in [0.5, 0.6) is 0 Å². The zero-order valence-corrected chi connectivity index (χ0v) is 22.8. The number of hydrogen-bond donors (Lipinski definition) is 0. The first kappa shape index (κ1) is 26.0. The van der Waals surface area contributed by atoms with Gasteiger partial charge in [0, 0.05) is 40.3 Å². The van der Waals surface area contributed by atoms with Crippen LogP contribution in [0.15, 0.2) is 71.6 Å². The molecule has 4 nitrogen and oxygen atoms in total. The highest BCUT2D eigenvalue weighted by Gasteiger charge is 2.32. The highest BCUT2D eigenvalue weighted by Crippen LogP contribution is 2.39. The molecule has 1 aromatic heterocycles. The molecular weight excluding hydrogens is 507 g/mol. The summed E-state index contributed by atoms with van der Waals surface area (Å²) in [5.41, 5.74) is 4.98. The number of piperidine rings is 1. The van der Waals surface area contributed by atoms with Crippen molar-refractivity contribution in [2.75, 3.05) is 13.1 Å². The Morgan fingerprint density at radius 3 is 2.35 bits per heavy atom. The van der Waals surface area contributed by atoms with Gasteiger partial charge in [-0.25, -0.2) is 12.8 Å². The van der Waals surface area contributed by atoms with Crippen molar-refractivity contribution < 1.29 is 12.8 Å². The Bertz CT molecular complexity index is 1500. The van der Waals surface area contributed by atoms with E-state index in [9.17, 15) is 12.8 Å². The fourth-order valence-corrected chi connectivity index (χ4v) is 7.36. The molecule has 0 amide bonds. The number of rotatable bonds is 7. The maximum absolute atomic E-state index is 14.6. The van der Waals surface area contributed by atoms with Gasteiger partial charge in [0.25, 0.3) is 0 Å². The fraction of sp³-hybridized carbons (Fsp3) is 0.333. The van der Waals surface area contributed by atoms with Crippen molar-refractivity contribution in [2.24, 2.45) is 0 Å². The van der Waals surface area contributed by atoms with Gasteiger partial charge in [-0.05, 0) is 73.6 Å². The zero-order valence-electron chi connectivity index (χ0n) is 21.3. The summed E-state index contributed by atoms with van der Waals surface area (Å²) >= 11 is 6.36. The molecule has 0 saturated carbocycles. The average Bonchev–Trinajstić information content (AvgIpc) is 3.18. The maximum Gasteiger partial charge on any atom is 0.243 e. The van der Waals surface area contributed by atoms with Crippen LogP contribution in [0.4, 0.5) is 4.39 Å².